The Morgan fingerprint density at radius 3 is 2.89 bits per heavy atom. The second-order valence-electron chi connectivity index (χ2n) is 3.89. The Morgan fingerprint density at radius 2 is 2.22 bits per heavy atom. The van der Waals surface area contributed by atoms with Crippen LogP contribution in [0.4, 0.5) is 0 Å². The van der Waals surface area contributed by atoms with E-state index >= 15 is 0 Å². The summed E-state index contributed by atoms with van der Waals surface area (Å²) in [7, 11) is 1.77. The number of amides is 1. The molecule has 0 fully saturated rings. The third kappa shape index (κ3) is 3.13. The van der Waals surface area contributed by atoms with Crippen LogP contribution in [-0.4, -0.2) is 27.8 Å². The molecule has 0 N–H and O–H groups in total. The van der Waals surface area contributed by atoms with Crippen LogP contribution in [0.3, 0.4) is 0 Å². The number of aromatic nitrogens is 2. The van der Waals surface area contributed by atoms with Crippen molar-refractivity contribution in [2.75, 3.05) is 7.05 Å². The molecule has 18 heavy (non-hydrogen) atoms. The lowest BCUT2D eigenvalue weighted by Gasteiger charge is -2.17. The quantitative estimate of drug-likeness (QED) is 0.819. The number of pyridine rings is 2. The van der Waals surface area contributed by atoms with E-state index in [1.807, 2.05) is 12.1 Å². The molecule has 5 heteroatoms. The van der Waals surface area contributed by atoms with Crippen molar-refractivity contribution in [2.24, 2.45) is 0 Å². The smallest absolute Gasteiger partial charge is 0.254 e. The number of carbonyl (C=O) groups excluding carboxylic acids is 1. The van der Waals surface area contributed by atoms with Crippen LogP contribution in [-0.2, 0) is 6.54 Å². The van der Waals surface area contributed by atoms with E-state index < -0.39 is 0 Å². The van der Waals surface area contributed by atoms with Crippen molar-refractivity contribution in [3.63, 3.8) is 0 Å². The summed E-state index contributed by atoms with van der Waals surface area (Å²) in [6.45, 7) is 0.534. The van der Waals surface area contributed by atoms with Gasteiger partial charge in [-0.25, -0.2) is 4.98 Å². The van der Waals surface area contributed by atoms with Crippen LogP contribution in [0, 0.1) is 0 Å². The van der Waals surface area contributed by atoms with Gasteiger partial charge in [0, 0.05) is 37.7 Å². The summed E-state index contributed by atoms with van der Waals surface area (Å²) in [5.74, 6) is -0.0399. The van der Waals surface area contributed by atoms with Crippen molar-refractivity contribution in [1.82, 2.24) is 14.9 Å². The first-order valence-corrected chi connectivity index (χ1v) is 6.22. The molecule has 0 atom stereocenters. The van der Waals surface area contributed by atoms with E-state index in [0.717, 1.165) is 5.56 Å². The maximum absolute atomic E-state index is 12.2. The van der Waals surface area contributed by atoms with Crippen molar-refractivity contribution in [2.45, 2.75) is 6.54 Å². The van der Waals surface area contributed by atoms with Gasteiger partial charge in [-0.3, -0.25) is 9.78 Å². The number of rotatable bonds is 3. The molecule has 0 aliphatic carbocycles. The van der Waals surface area contributed by atoms with E-state index in [0.29, 0.717) is 16.7 Å². The Hall–Kier alpha value is -1.75. The third-order valence-corrected chi connectivity index (χ3v) is 2.90. The molecule has 0 aliphatic rings. The predicted molar refractivity (Wildman–Crippen MR) is 72.0 cm³/mol. The highest BCUT2D eigenvalue weighted by molar-refractivity contribution is 9.10. The van der Waals surface area contributed by atoms with E-state index in [-0.39, 0.29) is 5.91 Å². The van der Waals surface area contributed by atoms with E-state index in [1.54, 1.807) is 42.7 Å². The molecule has 2 aromatic heterocycles. The molecule has 0 aliphatic heterocycles. The van der Waals surface area contributed by atoms with E-state index in [9.17, 15) is 4.79 Å². The van der Waals surface area contributed by atoms with Crippen LogP contribution >= 0.6 is 15.9 Å². The molecule has 0 radical (unpaired) electrons. The van der Waals surface area contributed by atoms with Crippen molar-refractivity contribution in [1.29, 1.82) is 0 Å². The summed E-state index contributed by atoms with van der Waals surface area (Å²) in [4.78, 5) is 21.8. The summed E-state index contributed by atoms with van der Waals surface area (Å²) in [5, 5.41) is 0. The van der Waals surface area contributed by atoms with Crippen LogP contribution in [0.2, 0.25) is 0 Å². The van der Waals surface area contributed by atoms with Gasteiger partial charge >= 0.3 is 0 Å². The second-order valence-corrected chi connectivity index (χ2v) is 4.70. The van der Waals surface area contributed by atoms with Crippen LogP contribution in [0.5, 0.6) is 0 Å². The van der Waals surface area contributed by atoms with Gasteiger partial charge in [0.05, 0.1) is 0 Å². The third-order valence-electron chi connectivity index (χ3n) is 2.46. The lowest BCUT2D eigenvalue weighted by atomic mass is 10.2. The van der Waals surface area contributed by atoms with Crippen LogP contribution in [0.25, 0.3) is 0 Å². The lowest BCUT2D eigenvalue weighted by molar-refractivity contribution is 0.0785. The molecule has 2 heterocycles. The fraction of sp³-hybridized carbons (Fsp3) is 0.154. The van der Waals surface area contributed by atoms with Crippen LogP contribution in [0.1, 0.15) is 15.9 Å². The minimum Gasteiger partial charge on any atom is -0.337 e. The highest BCUT2D eigenvalue weighted by atomic mass is 79.9. The highest BCUT2D eigenvalue weighted by Crippen LogP contribution is 2.11. The molecule has 0 saturated heterocycles. The van der Waals surface area contributed by atoms with Gasteiger partial charge in [-0.05, 0) is 39.7 Å². The fourth-order valence-electron chi connectivity index (χ4n) is 1.59. The van der Waals surface area contributed by atoms with Crippen LogP contribution < -0.4 is 0 Å². The molecule has 0 bridgehead atoms. The number of nitrogens with zero attached hydrogens (tertiary/aromatic N) is 3. The normalized spacial score (nSPS) is 10.1. The zero-order chi connectivity index (χ0) is 13.0. The average molecular weight is 306 g/mol. The molecule has 0 saturated carbocycles. The Bertz CT molecular complexity index is 545. The van der Waals surface area contributed by atoms with Crippen molar-refractivity contribution >= 4 is 21.8 Å². The van der Waals surface area contributed by atoms with Gasteiger partial charge in [0.1, 0.15) is 4.60 Å². The molecule has 0 unspecified atom stereocenters. The highest BCUT2D eigenvalue weighted by Gasteiger charge is 2.12. The van der Waals surface area contributed by atoms with Gasteiger partial charge in [0.2, 0.25) is 0 Å². The first-order valence-electron chi connectivity index (χ1n) is 5.43. The number of hydrogen-bond donors (Lipinski definition) is 0. The number of carbonyl (C=O) groups is 1. The number of halogens is 1. The fourth-order valence-corrected chi connectivity index (χ4v) is 1.96. The second kappa shape index (κ2) is 5.73. The zero-order valence-corrected chi connectivity index (χ0v) is 11.5. The van der Waals surface area contributed by atoms with E-state index in [2.05, 4.69) is 25.9 Å². The lowest BCUT2D eigenvalue weighted by Crippen LogP contribution is -2.26. The molecule has 2 rings (SSSR count). The maximum Gasteiger partial charge on any atom is 0.254 e. The van der Waals surface area contributed by atoms with Gasteiger partial charge in [-0.1, -0.05) is 6.07 Å². The Kier molecular flexibility index (Phi) is 4.04. The Balaban J connectivity index is 2.10. The summed E-state index contributed by atoms with van der Waals surface area (Å²) in [6, 6.07) is 7.21. The SMILES string of the molecule is CN(Cc1cccnc1)C(=O)c1ccnc(Br)c1. The summed E-state index contributed by atoms with van der Waals surface area (Å²) < 4.78 is 0.656. The van der Waals surface area contributed by atoms with Crippen molar-refractivity contribution in [3.8, 4) is 0 Å². The summed E-state index contributed by atoms with van der Waals surface area (Å²) in [5.41, 5.74) is 1.62. The molecule has 92 valence electrons. The Morgan fingerprint density at radius 1 is 1.39 bits per heavy atom. The van der Waals surface area contributed by atoms with Crippen LogP contribution in [0.15, 0.2) is 47.5 Å². The Labute approximate surface area is 114 Å². The zero-order valence-electron chi connectivity index (χ0n) is 9.88. The largest absolute Gasteiger partial charge is 0.337 e. The topological polar surface area (TPSA) is 46.1 Å². The minimum atomic E-state index is -0.0399. The summed E-state index contributed by atoms with van der Waals surface area (Å²) in [6.07, 6.45) is 5.08. The molecular weight excluding hydrogens is 294 g/mol. The molecule has 0 aromatic carbocycles. The first kappa shape index (κ1) is 12.7. The molecule has 1 amide bonds. The van der Waals surface area contributed by atoms with Crippen molar-refractivity contribution in [3.05, 3.63) is 58.6 Å². The summed E-state index contributed by atoms with van der Waals surface area (Å²) >= 11 is 3.25. The van der Waals surface area contributed by atoms with Gasteiger partial charge < -0.3 is 4.90 Å². The van der Waals surface area contributed by atoms with E-state index in [1.165, 1.54) is 0 Å². The molecule has 4 nitrogen and oxygen atoms in total. The van der Waals surface area contributed by atoms with Gasteiger partial charge in [0.15, 0.2) is 0 Å². The van der Waals surface area contributed by atoms with Crippen molar-refractivity contribution < 1.29 is 4.79 Å². The average Bonchev–Trinajstić information content (AvgIpc) is 2.39. The standard InChI is InChI=1S/C13H12BrN3O/c1-17(9-10-3-2-5-15-8-10)13(18)11-4-6-16-12(14)7-11/h2-8H,9H2,1H3. The molecule has 0 spiro atoms. The first-order chi connectivity index (χ1) is 8.66. The van der Waals surface area contributed by atoms with E-state index in [4.69, 9.17) is 0 Å². The molecular formula is C13H12BrN3O. The van der Waals surface area contributed by atoms with Gasteiger partial charge in [-0.15, -0.1) is 0 Å². The maximum atomic E-state index is 12.2. The number of hydrogen-bond acceptors (Lipinski definition) is 3. The molecule has 2 aromatic rings. The van der Waals surface area contributed by atoms with Gasteiger partial charge in [0.25, 0.3) is 5.91 Å². The van der Waals surface area contributed by atoms with Gasteiger partial charge in [-0.2, -0.15) is 0 Å². The predicted octanol–water partition coefficient (Wildman–Crippen LogP) is 2.51. The monoisotopic (exact) mass is 305 g/mol. The minimum absolute atomic E-state index is 0.0399.